The third-order valence-electron chi connectivity index (χ3n) is 1.75. The van der Waals surface area contributed by atoms with Crippen LogP contribution in [0.3, 0.4) is 0 Å². The van der Waals surface area contributed by atoms with Crippen LogP contribution in [-0.2, 0) is 0 Å². The van der Waals surface area contributed by atoms with Crippen molar-refractivity contribution in [2.45, 2.75) is 20.0 Å². The SMILES string of the molecule is CCOc1cc(O)ccc1C(C)O. The van der Waals surface area contributed by atoms with Gasteiger partial charge in [0.2, 0.25) is 0 Å². The van der Waals surface area contributed by atoms with Crippen molar-refractivity contribution in [1.82, 2.24) is 0 Å². The number of ether oxygens (including phenoxy) is 1. The first kappa shape index (κ1) is 9.86. The third kappa shape index (κ3) is 2.36. The highest BCUT2D eigenvalue weighted by Gasteiger charge is 2.09. The van der Waals surface area contributed by atoms with Crippen LogP contribution in [0.15, 0.2) is 18.2 Å². The molecular weight excluding hydrogens is 168 g/mol. The Labute approximate surface area is 77.6 Å². The van der Waals surface area contributed by atoms with Crippen LogP contribution in [0, 0.1) is 0 Å². The summed E-state index contributed by atoms with van der Waals surface area (Å²) in [6.07, 6.45) is -0.581. The van der Waals surface area contributed by atoms with Gasteiger partial charge in [0, 0.05) is 11.6 Å². The number of aliphatic hydroxyl groups is 1. The van der Waals surface area contributed by atoms with Crippen molar-refractivity contribution >= 4 is 0 Å². The van der Waals surface area contributed by atoms with Gasteiger partial charge in [-0.25, -0.2) is 0 Å². The van der Waals surface area contributed by atoms with Gasteiger partial charge in [-0.05, 0) is 26.0 Å². The molecule has 0 aliphatic rings. The Kier molecular flexibility index (Phi) is 3.14. The molecule has 13 heavy (non-hydrogen) atoms. The normalized spacial score (nSPS) is 12.5. The molecule has 72 valence electrons. The molecule has 2 N–H and O–H groups in total. The molecule has 0 amide bonds. The van der Waals surface area contributed by atoms with E-state index in [1.807, 2.05) is 6.92 Å². The quantitative estimate of drug-likeness (QED) is 0.750. The summed E-state index contributed by atoms with van der Waals surface area (Å²) in [5.41, 5.74) is 0.694. The first-order valence-corrected chi connectivity index (χ1v) is 4.29. The average molecular weight is 182 g/mol. The molecule has 0 heterocycles. The van der Waals surface area contributed by atoms with Crippen molar-refractivity contribution < 1.29 is 14.9 Å². The summed E-state index contributed by atoms with van der Waals surface area (Å²) in [5.74, 6) is 0.686. The number of hydrogen-bond donors (Lipinski definition) is 2. The first-order valence-electron chi connectivity index (χ1n) is 4.29. The highest BCUT2D eigenvalue weighted by atomic mass is 16.5. The van der Waals surface area contributed by atoms with Crippen molar-refractivity contribution in [3.05, 3.63) is 23.8 Å². The van der Waals surface area contributed by atoms with Crippen LogP contribution in [0.1, 0.15) is 25.5 Å². The number of phenols is 1. The van der Waals surface area contributed by atoms with Crippen LogP contribution in [0.4, 0.5) is 0 Å². The fourth-order valence-corrected chi connectivity index (χ4v) is 1.15. The summed E-state index contributed by atoms with van der Waals surface area (Å²) < 4.78 is 5.26. The molecule has 0 saturated carbocycles. The van der Waals surface area contributed by atoms with Gasteiger partial charge in [-0.15, -0.1) is 0 Å². The maximum absolute atomic E-state index is 9.36. The highest BCUT2D eigenvalue weighted by molar-refractivity contribution is 5.41. The summed E-state index contributed by atoms with van der Waals surface area (Å²) in [5, 5.41) is 18.5. The number of aromatic hydroxyl groups is 1. The van der Waals surface area contributed by atoms with Crippen molar-refractivity contribution in [2.24, 2.45) is 0 Å². The zero-order valence-electron chi connectivity index (χ0n) is 7.82. The van der Waals surface area contributed by atoms with E-state index in [2.05, 4.69) is 0 Å². The smallest absolute Gasteiger partial charge is 0.128 e. The molecule has 0 spiro atoms. The lowest BCUT2D eigenvalue weighted by molar-refractivity contribution is 0.192. The molecule has 0 bridgehead atoms. The van der Waals surface area contributed by atoms with Crippen LogP contribution >= 0.6 is 0 Å². The Morgan fingerprint density at radius 3 is 2.69 bits per heavy atom. The molecular formula is C10H14O3. The van der Waals surface area contributed by atoms with Crippen LogP contribution in [0.5, 0.6) is 11.5 Å². The predicted octanol–water partition coefficient (Wildman–Crippen LogP) is 1.84. The number of phenolic OH excluding ortho intramolecular Hbond substituents is 1. The maximum Gasteiger partial charge on any atom is 0.128 e. The molecule has 3 nitrogen and oxygen atoms in total. The molecule has 0 aliphatic carbocycles. The van der Waals surface area contributed by atoms with Gasteiger partial charge in [-0.2, -0.15) is 0 Å². The number of hydrogen-bond acceptors (Lipinski definition) is 3. The summed E-state index contributed by atoms with van der Waals surface area (Å²) in [6, 6.07) is 4.70. The summed E-state index contributed by atoms with van der Waals surface area (Å²) >= 11 is 0. The van der Waals surface area contributed by atoms with E-state index >= 15 is 0 Å². The zero-order valence-corrected chi connectivity index (χ0v) is 7.82. The van der Waals surface area contributed by atoms with Gasteiger partial charge in [-0.3, -0.25) is 0 Å². The van der Waals surface area contributed by atoms with E-state index in [4.69, 9.17) is 4.74 Å². The van der Waals surface area contributed by atoms with Gasteiger partial charge in [0.05, 0.1) is 12.7 Å². The average Bonchev–Trinajstić information content (AvgIpc) is 2.04. The molecule has 1 rings (SSSR count). The molecule has 1 unspecified atom stereocenters. The first-order chi connectivity index (χ1) is 6.15. The molecule has 3 heteroatoms. The lowest BCUT2D eigenvalue weighted by atomic mass is 10.1. The lowest BCUT2D eigenvalue weighted by Gasteiger charge is -2.12. The summed E-state index contributed by atoms with van der Waals surface area (Å²) in [7, 11) is 0. The van der Waals surface area contributed by atoms with E-state index in [-0.39, 0.29) is 5.75 Å². The topological polar surface area (TPSA) is 49.7 Å². The van der Waals surface area contributed by atoms with E-state index in [1.54, 1.807) is 13.0 Å². The van der Waals surface area contributed by atoms with Crippen LogP contribution in [0.2, 0.25) is 0 Å². The summed E-state index contributed by atoms with van der Waals surface area (Å²) in [4.78, 5) is 0. The van der Waals surface area contributed by atoms with E-state index in [0.29, 0.717) is 17.9 Å². The molecule has 0 saturated heterocycles. The minimum absolute atomic E-state index is 0.146. The van der Waals surface area contributed by atoms with Crippen molar-refractivity contribution in [1.29, 1.82) is 0 Å². The van der Waals surface area contributed by atoms with E-state index < -0.39 is 6.10 Å². The highest BCUT2D eigenvalue weighted by Crippen LogP contribution is 2.28. The fourth-order valence-electron chi connectivity index (χ4n) is 1.15. The van der Waals surface area contributed by atoms with Gasteiger partial charge >= 0.3 is 0 Å². The molecule has 1 aromatic rings. The van der Waals surface area contributed by atoms with E-state index in [9.17, 15) is 10.2 Å². The van der Waals surface area contributed by atoms with Crippen LogP contribution < -0.4 is 4.74 Å². The van der Waals surface area contributed by atoms with E-state index in [1.165, 1.54) is 12.1 Å². The largest absolute Gasteiger partial charge is 0.508 e. The Balaban J connectivity index is 3.03. The molecule has 0 radical (unpaired) electrons. The number of aliphatic hydroxyl groups excluding tert-OH is 1. The molecule has 0 aliphatic heterocycles. The molecule has 0 fully saturated rings. The van der Waals surface area contributed by atoms with Crippen molar-refractivity contribution in [3.63, 3.8) is 0 Å². The van der Waals surface area contributed by atoms with Gasteiger partial charge in [0.25, 0.3) is 0 Å². The standard InChI is InChI=1S/C10H14O3/c1-3-13-10-6-8(12)4-5-9(10)7(2)11/h4-7,11-12H,3H2,1-2H3. The third-order valence-corrected chi connectivity index (χ3v) is 1.75. The minimum Gasteiger partial charge on any atom is -0.508 e. The minimum atomic E-state index is -0.581. The molecule has 0 aromatic heterocycles. The Morgan fingerprint density at radius 2 is 2.15 bits per heavy atom. The van der Waals surface area contributed by atoms with Crippen molar-refractivity contribution in [3.8, 4) is 11.5 Å². The second kappa shape index (κ2) is 4.14. The lowest BCUT2D eigenvalue weighted by Crippen LogP contribution is -1.99. The predicted molar refractivity (Wildman–Crippen MR) is 49.9 cm³/mol. The van der Waals surface area contributed by atoms with Gasteiger partial charge in [-0.1, -0.05) is 0 Å². The molecule has 1 aromatic carbocycles. The number of rotatable bonds is 3. The monoisotopic (exact) mass is 182 g/mol. The van der Waals surface area contributed by atoms with Gasteiger partial charge < -0.3 is 14.9 Å². The van der Waals surface area contributed by atoms with Crippen molar-refractivity contribution in [2.75, 3.05) is 6.61 Å². The van der Waals surface area contributed by atoms with Gasteiger partial charge in [0.1, 0.15) is 11.5 Å². The van der Waals surface area contributed by atoms with Crippen LogP contribution in [-0.4, -0.2) is 16.8 Å². The Morgan fingerprint density at radius 1 is 1.46 bits per heavy atom. The Bertz CT molecular complexity index is 281. The number of benzene rings is 1. The summed E-state index contributed by atoms with van der Waals surface area (Å²) in [6.45, 7) is 4.04. The molecule has 1 atom stereocenters. The van der Waals surface area contributed by atoms with Crippen LogP contribution in [0.25, 0.3) is 0 Å². The maximum atomic E-state index is 9.36. The van der Waals surface area contributed by atoms with Gasteiger partial charge in [0.15, 0.2) is 0 Å². The van der Waals surface area contributed by atoms with E-state index in [0.717, 1.165) is 0 Å². The Hall–Kier alpha value is -1.22. The fraction of sp³-hybridized carbons (Fsp3) is 0.400. The second-order valence-corrected chi connectivity index (χ2v) is 2.83. The second-order valence-electron chi connectivity index (χ2n) is 2.83. The zero-order chi connectivity index (χ0) is 9.84.